The van der Waals surface area contributed by atoms with Gasteiger partial charge in [0.25, 0.3) is 0 Å². The average molecular weight is 258 g/mol. The molecule has 2 unspecified atom stereocenters. The Hall–Kier alpha value is -0.120. The van der Waals surface area contributed by atoms with Gasteiger partial charge in [-0.05, 0) is 52.2 Å². The minimum absolute atomic E-state index is 0.285. The second kappa shape index (κ2) is 8.89. The van der Waals surface area contributed by atoms with E-state index in [-0.39, 0.29) is 5.92 Å². The second-order valence-electron chi connectivity index (χ2n) is 5.96. The molecule has 0 fully saturated rings. The smallest absolute Gasteiger partial charge is 0.0766 e. The zero-order chi connectivity index (χ0) is 14.2. The van der Waals surface area contributed by atoms with Gasteiger partial charge in [-0.15, -0.1) is 0 Å². The number of rotatable bonds is 10. The molecule has 0 aliphatic heterocycles. The van der Waals surface area contributed by atoms with E-state index in [0.717, 1.165) is 13.1 Å². The van der Waals surface area contributed by atoms with Gasteiger partial charge in [0.2, 0.25) is 0 Å². The van der Waals surface area contributed by atoms with Crippen molar-refractivity contribution in [3.05, 3.63) is 0 Å². The van der Waals surface area contributed by atoms with Crippen molar-refractivity contribution >= 4 is 0 Å². The normalized spacial score (nSPS) is 17.2. The van der Waals surface area contributed by atoms with E-state index in [1.807, 2.05) is 6.92 Å². The molecule has 0 heterocycles. The summed E-state index contributed by atoms with van der Waals surface area (Å²) in [5, 5.41) is 13.6. The molecule has 0 amide bonds. The van der Waals surface area contributed by atoms with Gasteiger partial charge in [0, 0.05) is 12.6 Å². The summed E-state index contributed by atoms with van der Waals surface area (Å²) in [6.07, 6.45) is 2.39. The molecule has 0 aromatic carbocycles. The van der Waals surface area contributed by atoms with E-state index in [9.17, 15) is 5.11 Å². The lowest BCUT2D eigenvalue weighted by atomic mass is 9.92. The van der Waals surface area contributed by atoms with Crippen LogP contribution in [0.25, 0.3) is 0 Å². The molecule has 110 valence electrons. The summed E-state index contributed by atoms with van der Waals surface area (Å²) in [4.78, 5) is 2.46. The maximum Gasteiger partial charge on any atom is 0.0766 e. The van der Waals surface area contributed by atoms with Crippen molar-refractivity contribution in [2.75, 3.05) is 26.2 Å². The van der Waals surface area contributed by atoms with E-state index >= 15 is 0 Å². The Balaban J connectivity index is 3.75. The summed E-state index contributed by atoms with van der Waals surface area (Å²) in [7, 11) is 0. The molecule has 3 heteroatoms. The fourth-order valence-electron chi connectivity index (χ4n) is 1.85. The van der Waals surface area contributed by atoms with Crippen LogP contribution in [0.4, 0.5) is 0 Å². The fraction of sp³-hybridized carbons (Fsp3) is 1.00. The van der Waals surface area contributed by atoms with Gasteiger partial charge in [-0.1, -0.05) is 27.7 Å². The van der Waals surface area contributed by atoms with E-state index in [4.69, 9.17) is 0 Å². The Morgan fingerprint density at radius 3 is 2.17 bits per heavy atom. The van der Waals surface area contributed by atoms with Crippen molar-refractivity contribution in [1.29, 1.82) is 0 Å². The Bertz CT molecular complexity index is 201. The van der Waals surface area contributed by atoms with Crippen molar-refractivity contribution in [2.24, 2.45) is 5.92 Å². The van der Waals surface area contributed by atoms with Crippen LogP contribution in [0.5, 0.6) is 0 Å². The van der Waals surface area contributed by atoms with Gasteiger partial charge >= 0.3 is 0 Å². The summed E-state index contributed by atoms with van der Waals surface area (Å²) in [6.45, 7) is 16.8. The molecule has 0 bridgehead atoms. The predicted molar refractivity (Wildman–Crippen MR) is 79.9 cm³/mol. The van der Waals surface area contributed by atoms with E-state index in [2.05, 4.69) is 44.8 Å². The van der Waals surface area contributed by atoms with Gasteiger partial charge in [-0.2, -0.15) is 0 Å². The van der Waals surface area contributed by atoms with Gasteiger partial charge in [0.15, 0.2) is 0 Å². The molecule has 0 aromatic rings. The van der Waals surface area contributed by atoms with Crippen LogP contribution < -0.4 is 5.32 Å². The van der Waals surface area contributed by atoms with E-state index < -0.39 is 5.60 Å². The first-order valence-electron chi connectivity index (χ1n) is 7.51. The van der Waals surface area contributed by atoms with Crippen molar-refractivity contribution in [2.45, 2.75) is 66.0 Å². The zero-order valence-corrected chi connectivity index (χ0v) is 13.3. The third-order valence-corrected chi connectivity index (χ3v) is 4.06. The van der Waals surface area contributed by atoms with Crippen LogP contribution in [0.15, 0.2) is 0 Å². The Morgan fingerprint density at radius 1 is 1.17 bits per heavy atom. The summed E-state index contributed by atoms with van der Waals surface area (Å²) in [5.41, 5.74) is -0.604. The lowest BCUT2D eigenvalue weighted by Gasteiger charge is -2.30. The molecule has 0 aliphatic carbocycles. The topological polar surface area (TPSA) is 35.5 Å². The number of hydrogen-bond acceptors (Lipinski definition) is 3. The van der Waals surface area contributed by atoms with Gasteiger partial charge in [-0.3, -0.25) is 0 Å². The van der Waals surface area contributed by atoms with Crippen LogP contribution in [-0.4, -0.2) is 47.8 Å². The molecule has 2 atom stereocenters. The number of hydrogen-bond donors (Lipinski definition) is 2. The van der Waals surface area contributed by atoms with Crippen LogP contribution in [0.1, 0.15) is 54.4 Å². The number of nitrogens with one attached hydrogen (secondary N) is 1. The van der Waals surface area contributed by atoms with E-state index in [0.29, 0.717) is 12.6 Å². The van der Waals surface area contributed by atoms with Crippen LogP contribution in [-0.2, 0) is 0 Å². The maximum atomic E-state index is 10.2. The monoisotopic (exact) mass is 258 g/mol. The quantitative estimate of drug-likeness (QED) is 0.632. The summed E-state index contributed by atoms with van der Waals surface area (Å²) >= 11 is 0. The predicted octanol–water partition coefficient (Wildman–Crippen LogP) is 2.49. The standard InChI is InChI=1S/C15H34N2O/c1-7-17(8-2)11-9-10-14(5)16-12-15(6,18)13(3)4/h13-14,16,18H,7-12H2,1-6H3. The van der Waals surface area contributed by atoms with Gasteiger partial charge < -0.3 is 15.3 Å². The molecule has 0 saturated heterocycles. The van der Waals surface area contributed by atoms with Gasteiger partial charge in [-0.25, -0.2) is 0 Å². The molecule has 18 heavy (non-hydrogen) atoms. The molecule has 0 spiro atoms. The third-order valence-electron chi connectivity index (χ3n) is 4.06. The Kier molecular flexibility index (Phi) is 8.83. The highest BCUT2D eigenvalue weighted by atomic mass is 16.3. The van der Waals surface area contributed by atoms with Crippen molar-refractivity contribution in [3.63, 3.8) is 0 Å². The van der Waals surface area contributed by atoms with Crippen LogP contribution >= 0.6 is 0 Å². The molecular weight excluding hydrogens is 224 g/mol. The highest BCUT2D eigenvalue weighted by Gasteiger charge is 2.24. The fourth-order valence-corrected chi connectivity index (χ4v) is 1.85. The molecule has 0 rings (SSSR count). The lowest BCUT2D eigenvalue weighted by molar-refractivity contribution is 0.0119. The molecular formula is C15H34N2O. The molecule has 0 aromatic heterocycles. The van der Waals surface area contributed by atoms with Gasteiger partial charge in [0.05, 0.1) is 5.60 Å². The molecule has 0 saturated carbocycles. The van der Waals surface area contributed by atoms with Crippen LogP contribution in [0, 0.1) is 5.92 Å². The first-order valence-corrected chi connectivity index (χ1v) is 7.51. The van der Waals surface area contributed by atoms with Crippen molar-refractivity contribution in [1.82, 2.24) is 10.2 Å². The highest BCUT2D eigenvalue weighted by molar-refractivity contribution is 4.80. The minimum Gasteiger partial charge on any atom is -0.389 e. The van der Waals surface area contributed by atoms with Crippen molar-refractivity contribution < 1.29 is 5.11 Å². The molecule has 0 radical (unpaired) electrons. The van der Waals surface area contributed by atoms with Crippen molar-refractivity contribution in [3.8, 4) is 0 Å². The summed E-state index contributed by atoms with van der Waals surface area (Å²) in [6, 6.07) is 0.478. The minimum atomic E-state index is -0.604. The Labute approximate surface area is 114 Å². The zero-order valence-electron chi connectivity index (χ0n) is 13.3. The highest BCUT2D eigenvalue weighted by Crippen LogP contribution is 2.15. The number of aliphatic hydroxyl groups is 1. The average Bonchev–Trinajstić information content (AvgIpc) is 2.32. The van der Waals surface area contributed by atoms with Crippen LogP contribution in [0.3, 0.4) is 0 Å². The number of nitrogens with zero attached hydrogens (tertiary/aromatic N) is 1. The summed E-state index contributed by atoms with van der Waals surface area (Å²) < 4.78 is 0. The first-order chi connectivity index (χ1) is 8.33. The van der Waals surface area contributed by atoms with E-state index in [1.54, 1.807) is 0 Å². The molecule has 0 aliphatic rings. The van der Waals surface area contributed by atoms with Crippen LogP contribution in [0.2, 0.25) is 0 Å². The first kappa shape index (κ1) is 17.9. The Morgan fingerprint density at radius 2 is 1.72 bits per heavy atom. The third kappa shape index (κ3) is 7.34. The van der Waals surface area contributed by atoms with E-state index in [1.165, 1.54) is 19.4 Å². The SMILES string of the molecule is CCN(CC)CCCC(C)NCC(C)(O)C(C)C. The molecule has 3 nitrogen and oxygen atoms in total. The maximum absolute atomic E-state index is 10.2. The van der Waals surface area contributed by atoms with Gasteiger partial charge in [0.1, 0.15) is 0 Å². The lowest BCUT2D eigenvalue weighted by Crippen LogP contribution is -2.45. The largest absolute Gasteiger partial charge is 0.389 e. The molecule has 2 N–H and O–H groups in total. The second-order valence-corrected chi connectivity index (χ2v) is 5.96. The summed E-state index contributed by atoms with van der Waals surface area (Å²) in [5.74, 6) is 0.285.